The normalized spacial score (nSPS) is 15.7. The van der Waals surface area contributed by atoms with Gasteiger partial charge in [0.15, 0.2) is 5.96 Å². The van der Waals surface area contributed by atoms with Crippen LogP contribution in [0.15, 0.2) is 23.5 Å². The molecule has 0 amide bonds. The number of hydrogen-bond acceptors (Lipinski definition) is 3. The summed E-state index contributed by atoms with van der Waals surface area (Å²) >= 11 is 0. The summed E-state index contributed by atoms with van der Waals surface area (Å²) in [6.07, 6.45) is 7.52. The average molecular weight is 449 g/mol. The Labute approximate surface area is 162 Å². The molecule has 1 aliphatic rings. The van der Waals surface area contributed by atoms with E-state index >= 15 is 0 Å². The molecule has 1 unspecified atom stereocenters. The Morgan fingerprint density at radius 2 is 2.25 bits per heavy atom. The van der Waals surface area contributed by atoms with Gasteiger partial charge in [-0.05, 0) is 44.1 Å². The molecule has 2 N–H and O–H groups in total. The summed E-state index contributed by atoms with van der Waals surface area (Å²) in [4.78, 5) is 4.66. The Kier molecular flexibility index (Phi) is 11.1. The van der Waals surface area contributed by atoms with Crippen LogP contribution in [0.4, 0.5) is 0 Å². The van der Waals surface area contributed by atoms with Crippen LogP contribution in [-0.4, -0.2) is 48.6 Å². The Morgan fingerprint density at radius 1 is 1.42 bits per heavy atom. The molecule has 138 valence electrons. The van der Waals surface area contributed by atoms with Crippen molar-refractivity contribution in [3.63, 3.8) is 0 Å². The van der Waals surface area contributed by atoms with Gasteiger partial charge in [0.25, 0.3) is 0 Å². The molecule has 0 aliphatic heterocycles. The molecule has 0 aromatic carbocycles. The summed E-state index contributed by atoms with van der Waals surface area (Å²) in [5.41, 5.74) is 0. The molecule has 0 saturated heterocycles. The van der Waals surface area contributed by atoms with Crippen LogP contribution in [0.3, 0.4) is 0 Å². The van der Waals surface area contributed by atoms with E-state index < -0.39 is 0 Å². The second-order valence-electron chi connectivity index (χ2n) is 6.35. The van der Waals surface area contributed by atoms with Crippen molar-refractivity contribution in [2.24, 2.45) is 16.8 Å². The monoisotopic (exact) mass is 449 g/mol. The van der Waals surface area contributed by atoms with Crippen molar-refractivity contribution in [3.05, 3.63) is 18.5 Å². The van der Waals surface area contributed by atoms with Crippen LogP contribution in [0.25, 0.3) is 0 Å². The predicted molar refractivity (Wildman–Crippen MR) is 109 cm³/mol. The van der Waals surface area contributed by atoms with Crippen molar-refractivity contribution in [2.45, 2.75) is 39.7 Å². The molecule has 6 nitrogen and oxygen atoms in total. The molecular formula is C17H32IN5O. The third kappa shape index (κ3) is 9.46. The predicted octanol–water partition coefficient (Wildman–Crippen LogP) is 2.51. The van der Waals surface area contributed by atoms with E-state index in [9.17, 15) is 0 Å². The molecule has 1 heterocycles. The highest BCUT2D eigenvalue weighted by molar-refractivity contribution is 14.0. The maximum atomic E-state index is 5.65. The van der Waals surface area contributed by atoms with Gasteiger partial charge in [0.2, 0.25) is 0 Å². The van der Waals surface area contributed by atoms with E-state index in [0.717, 1.165) is 57.7 Å². The number of aliphatic imine (C=N–C) groups is 1. The molecular weight excluding hydrogens is 417 g/mol. The van der Waals surface area contributed by atoms with Crippen molar-refractivity contribution >= 4 is 29.9 Å². The Bertz CT molecular complexity index is 448. The first kappa shape index (κ1) is 21.2. The molecule has 2 rings (SSSR count). The summed E-state index contributed by atoms with van der Waals surface area (Å²) in [5, 5.41) is 10.9. The number of rotatable bonds is 11. The molecule has 1 aromatic heterocycles. The van der Waals surface area contributed by atoms with E-state index in [-0.39, 0.29) is 24.0 Å². The molecule has 0 radical (unpaired) electrons. The molecule has 24 heavy (non-hydrogen) atoms. The lowest BCUT2D eigenvalue weighted by molar-refractivity contribution is 0.123. The number of ether oxygens (including phenoxy) is 1. The number of hydrogen-bond donors (Lipinski definition) is 2. The summed E-state index contributed by atoms with van der Waals surface area (Å²) in [5.74, 6) is 2.19. The van der Waals surface area contributed by atoms with Crippen molar-refractivity contribution in [2.75, 3.05) is 32.8 Å². The molecule has 1 saturated carbocycles. The minimum atomic E-state index is 0. The number of nitrogens with zero attached hydrogens (tertiary/aromatic N) is 3. The molecule has 0 bridgehead atoms. The van der Waals surface area contributed by atoms with Crippen LogP contribution in [0, 0.1) is 11.8 Å². The summed E-state index contributed by atoms with van der Waals surface area (Å²) in [7, 11) is 0. The van der Waals surface area contributed by atoms with E-state index in [2.05, 4.69) is 34.6 Å². The van der Waals surface area contributed by atoms with Crippen molar-refractivity contribution in [1.29, 1.82) is 0 Å². The van der Waals surface area contributed by atoms with Crippen LogP contribution in [0.1, 0.15) is 33.1 Å². The van der Waals surface area contributed by atoms with E-state index in [1.165, 1.54) is 12.8 Å². The fourth-order valence-electron chi connectivity index (χ4n) is 2.29. The van der Waals surface area contributed by atoms with Gasteiger partial charge in [-0.3, -0.25) is 9.67 Å². The Morgan fingerprint density at radius 3 is 2.92 bits per heavy atom. The zero-order chi connectivity index (χ0) is 16.3. The van der Waals surface area contributed by atoms with Gasteiger partial charge < -0.3 is 15.4 Å². The second kappa shape index (κ2) is 12.5. The summed E-state index contributed by atoms with van der Waals surface area (Å²) < 4.78 is 7.60. The summed E-state index contributed by atoms with van der Waals surface area (Å²) in [6.45, 7) is 9.50. The Balaban J connectivity index is 0.00000288. The van der Waals surface area contributed by atoms with Crippen LogP contribution >= 0.6 is 24.0 Å². The van der Waals surface area contributed by atoms with Crippen LogP contribution < -0.4 is 10.6 Å². The van der Waals surface area contributed by atoms with Gasteiger partial charge in [0, 0.05) is 51.8 Å². The minimum Gasteiger partial charge on any atom is -0.381 e. The van der Waals surface area contributed by atoms with E-state index in [1.807, 2.05) is 23.1 Å². The topological polar surface area (TPSA) is 63.5 Å². The van der Waals surface area contributed by atoms with Crippen molar-refractivity contribution in [1.82, 2.24) is 20.4 Å². The average Bonchev–Trinajstić information content (AvgIpc) is 3.23. The third-order valence-electron chi connectivity index (χ3n) is 3.77. The SMILES string of the molecule is CCNC(=NCC(C)Cn1cccn1)NCCCOCC1CC1.I. The zero-order valence-electron chi connectivity index (χ0n) is 14.9. The largest absolute Gasteiger partial charge is 0.381 e. The third-order valence-corrected chi connectivity index (χ3v) is 3.77. The van der Waals surface area contributed by atoms with Crippen molar-refractivity contribution in [3.8, 4) is 0 Å². The number of nitrogens with one attached hydrogen (secondary N) is 2. The van der Waals surface area contributed by atoms with E-state index in [1.54, 1.807) is 0 Å². The number of guanidine groups is 1. The van der Waals surface area contributed by atoms with Crippen molar-refractivity contribution < 1.29 is 4.74 Å². The first-order valence-corrected chi connectivity index (χ1v) is 8.85. The van der Waals surface area contributed by atoms with Crippen LogP contribution in [0.5, 0.6) is 0 Å². The lowest BCUT2D eigenvalue weighted by Gasteiger charge is -2.13. The van der Waals surface area contributed by atoms with Gasteiger partial charge in [0.1, 0.15) is 0 Å². The molecule has 1 fully saturated rings. The standard InChI is InChI=1S/C17H31N5O.HI/c1-3-18-17(19-8-5-11-23-14-16-6-7-16)20-12-15(2)13-22-10-4-9-21-22;/h4,9-10,15-16H,3,5-8,11-14H2,1-2H3,(H2,18,19,20);1H. The maximum absolute atomic E-state index is 5.65. The van der Waals surface area contributed by atoms with E-state index in [0.29, 0.717) is 5.92 Å². The van der Waals surface area contributed by atoms with Gasteiger partial charge in [0.05, 0.1) is 0 Å². The lowest BCUT2D eigenvalue weighted by atomic mass is 10.2. The lowest BCUT2D eigenvalue weighted by Crippen LogP contribution is -2.38. The highest BCUT2D eigenvalue weighted by Crippen LogP contribution is 2.28. The fourth-order valence-corrected chi connectivity index (χ4v) is 2.29. The van der Waals surface area contributed by atoms with Crippen LogP contribution in [-0.2, 0) is 11.3 Å². The maximum Gasteiger partial charge on any atom is 0.191 e. The molecule has 1 aromatic rings. The molecule has 7 heteroatoms. The second-order valence-corrected chi connectivity index (χ2v) is 6.35. The Hall–Kier alpha value is -0.830. The van der Waals surface area contributed by atoms with Crippen LogP contribution in [0.2, 0.25) is 0 Å². The smallest absolute Gasteiger partial charge is 0.191 e. The van der Waals surface area contributed by atoms with Gasteiger partial charge in [-0.15, -0.1) is 24.0 Å². The fraction of sp³-hybridized carbons (Fsp3) is 0.765. The first-order chi connectivity index (χ1) is 11.3. The quantitative estimate of drug-likeness (QED) is 0.236. The van der Waals surface area contributed by atoms with E-state index in [4.69, 9.17) is 4.74 Å². The van der Waals surface area contributed by atoms with Gasteiger partial charge in [-0.1, -0.05) is 6.92 Å². The zero-order valence-corrected chi connectivity index (χ0v) is 17.2. The highest BCUT2D eigenvalue weighted by Gasteiger charge is 2.20. The minimum absolute atomic E-state index is 0. The molecule has 0 spiro atoms. The van der Waals surface area contributed by atoms with Gasteiger partial charge in [-0.2, -0.15) is 5.10 Å². The first-order valence-electron chi connectivity index (χ1n) is 8.85. The van der Waals surface area contributed by atoms with Gasteiger partial charge >= 0.3 is 0 Å². The number of halogens is 1. The summed E-state index contributed by atoms with van der Waals surface area (Å²) in [6, 6.07) is 1.95. The molecule has 1 aliphatic carbocycles. The highest BCUT2D eigenvalue weighted by atomic mass is 127. The molecule has 1 atom stereocenters. The van der Waals surface area contributed by atoms with Gasteiger partial charge in [-0.25, -0.2) is 0 Å². The number of aromatic nitrogens is 2.